The molecule has 0 saturated carbocycles. The van der Waals surface area contributed by atoms with Gasteiger partial charge in [0, 0.05) is 23.6 Å². The van der Waals surface area contributed by atoms with Crippen LogP contribution in [0.4, 0.5) is 4.79 Å². The molecule has 4 aliphatic rings. The maximum absolute atomic E-state index is 13.4. The van der Waals surface area contributed by atoms with E-state index in [2.05, 4.69) is 10.2 Å². The molecule has 1 aromatic rings. The first-order valence-electron chi connectivity index (χ1n) is 14.5. The molecule has 2 heterocycles. The number of rotatable bonds is 6. The first-order valence-corrected chi connectivity index (χ1v) is 14.5. The number of alkyl carbamates (subject to hydrolysis) is 1. The molecule has 0 radical (unpaired) electrons. The van der Waals surface area contributed by atoms with Gasteiger partial charge < -0.3 is 39.4 Å². The van der Waals surface area contributed by atoms with Gasteiger partial charge in [-0.15, -0.1) is 0 Å². The Kier molecular flexibility index (Phi) is 7.39. The average Bonchev–Trinajstić information content (AvgIpc) is 3.21. The van der Waals surface area contributed by atoms with E-state index in [-0.39, 0.29) is 24.8 Å². The number of amides is 1. The monoisotopic (exact) mass is 586 g/mol. The second kappa shape index (κ2) is 10.2. The number of hydrogen-bond acceptors (Lipinski definition) is 10. The second-order valence-electron chi connectivity index (χ2n) is 13.8. The summed E-state index contributed by atoms with van der Waals surface area (Å²) in [5.74, 6) is -0.815. The van der Waals surface area contributed by atoms with Crippen molar-refractivity contribution < 1.29 is 43.5 Å². The average molecular weight is 587 g/mol. The molecule has 2 aliphatic carbocycles. The quantitative estimate of drug-likeness (QED) is 0.336. The smallest absolute Gasteiger partial charge is 0.408 e. The normalized spacial score (nSPS) is 28.5. The van der Waals surface area contributed by atoms with Crippen molar-refractivity contribution in [3.8, 4) is 5.75 Å². The summed E-state index contributed by atoms with van der Waals surface area (Å²) >= 11 is 0. The fourth-order valence-corrected chi connectivity index (χ4v) is 6.99. The molecular weight excluding hydrogens is 544 g/mol. The van der Waals surface area contributed by atoms with Gasteiger partial charge >= 0.3 is 18.0 Å². The summed E-state index contributed by atoms with van der Waals surface area (Å²) in [6.07, 6.45) is 0.926. The largest absolute Gasteiger partial charge is 0.481 e. The van der Waals surface area contributed by atoms with E-state index in [1.54, 1.807) is 47.6 Å². The molecule has 1 amide bonds. The van der Waals surface area contributed by atoms with Crippen LogP contribution in [0.25, 0.3) is 0 Å². The van der Waals surface area contributed by atoms with Gasteiger partial charge in [-0.25, -0.2) is 9.59 Å². The van der Waals surface area contributed by atoms with E-state index in [1.807, 2.05) is 19.2 Å². The Bertz CT molecular complexity index is 1330. The predicted octanol–water partition coefficient (Wildman–Crippen LogP) is 2.62. The predicted molar refractivity (Wildman–Crippen MR) is 151 cm³/mol. The zero-order valence-corrected chi connectivity index (χ0v) is 25.4. The zero-order valence-electron chi connectivity index (χ0n) is 25.4. The van der Waals surface area contributed by atoms with E-state index in [9.17, 15) is 24.6 Å². The third kappa shape index (κ3) is 5.05. The number of ether oxygens (including phenoxy) is 4. The lowest BCUT2D eigenvalue weighted by molar-refractivity contribution is -0.170. The summed E-state index contributed by atoms with van der Waals surface area (Å²) in [6.45, 7) is 10.6. The highest BCUT2D eigenvalue weighted by molar-refractivity contribution is 5.87. The fourth-order valence-electron chi connectivity index (χ4n) is 6.99. The second-order valence-corrected chi connectivity index (χ2v) is 13.8. The SMILES string of the molecule is CN1CC[C@]23c4c5ccc(CO)c4O[C@H]2C(OC(=O)C[C@H](NC(=O)OC(C)(C)C)C(=O)OC(C)(C)C)=CC[C@@]3(O)[C@H]1C5. The lowest BCUT2D eigenvalue weighted by Crippen LogP contribution is -2.74. The number of likely N-dealkylation sites (N-methyl/N-ethyl adjacent to an activating group) is 1. The van der Waals surface area contributed by atoms with Crippen molar-refractivity contribution in [1.29, 1.82) is 0 Å². The highest BCUT2D eigenvalue weighted by Crippen LogP contribution is 2.64. The van der Waals surface area contributed by atoms with Crippen molar-refractivity contribution in [2.24, 2.45) is 0 Å². The van der Waals surface area contributed by atoms with Gasteiger partial charge in [0.25, 0.3) is 0 Å². The number of hydrogen-bond donors (Lipinski definition) is 3. The highest BCUT2D eigenvalue weighted by Gasteiger charge is 2.71. The van der Waals surface area contributed by atoms with Crippen molar-refractivity contribution in [3.63, 3.8) is 0 Å². The number of nitrogens with one attached hydrogen (secondary N) is 1. The summed E-state index contributed by atoms with van der Waals surface area (Å²) in [5, 5.41) is 24.9. The van der Waals surface area contributed by atoms with Gasteiger partial charge in [0.15, 0.2) is 6.10 Å². The first kappa shape index (κ1) is 30.3. The van der Waals surface area contributed by atoms with E-state index in [0.29, 0.717) is 30.7 Å². The minimum Gasteiger partial charge on any atom is -0.481 e. The Morgan fingerprint density at radius 2 is 1.83 bits per heavy atom. The number of carbonyl (C=O) groups is 3. The Labute approximate surface area is 246 Å². The molecule has 5 atom stereocenters. The molecule has 3 N–H and O–H groups in total. The standard InChI is InChI=1S/C31H42N2O9/c1-28(2,3)41-26(36)19(32-27(37)42-29(4,5)6)15-22(35)39-20-10-11-31(38)21-14-17-8-9-18(16-34)24-23(17)30(31,25(20)40-24)12-13-33(21)7/h8-10,19,21,25,34,38H,11-16H2,1-7H3,(H,32,37)/t19-,21+,25-,30-,31+/m0/s1. The Hall–Kier alpha value is -3.15. The van der Waals surface area contributed by atoms with Crippen molar-refractivity contribution in [3.05, 3.63) is 40.7 Å². The molecule has 230 valence electrons. The van der Waals surface area contributed by atoms with Crippen LogP contribution >= 0.6 is 0 Å². The van der Waals surface area contributed by atoms with Crippen LogP contribution in [0.15, 0.2) is 24.0 Å². The third-order valence-corrected chi connectivity index (χ3v) is 8.61. The van der Waals surface area contributed by atoms with Crippen LogP contribution in [-0.2, 0) is 42.2 Å². The van der Waals surface area contributed by atoms with Gasteiger partial charge in [-0.05, 0) is 79.6 Å². The number of likely N-dealkylation sites (tertiary alicyclic amines) is 1. The summed E-state index contributed by atoms with van der Waals surface area (Å²) in [4.78, 5) is 41.1. The molecule has 1 fully saturated rings. The number of aliphatic hydroxyl groups is 2. The molecule has 2 bridgehead atoms. The Balaban J connectivity index is 1.43. The summed E-state index contributed by atoms with van der Waals surface area (Å²) in [6, 6.07) is 2.30. The minimum absolute atomic E-state index is 0.168. The van der Waals surface area contributed by atoms with Crippen molar-refractivity contribution >= 4 is 18.0 Å². The van der Waals surface area contributed by atoms with E-state index in [4.69, 9.17) is 18.9 Å². The van der Waals surface area contributed by atoms with Crippen LogP contribution < -0.4 is 10.1 Å². The van der Waals surface area contributed by atoms with Gasteiger partial charge in [-0.2, -0.15) is 0 Å². The zero-order chi connectivity index (χ0) is 30.8. The molecule has 0 unspecified atom stereocenters. The summed E-state index contributed by atoms with van der Waals surface area (Å²) in [7, 11) is 2.00. The van der Waals surface area contributed by atoms with Crippen molar-refractivity contribution in [1.82, 2.24) is 10.2 Å². The first-order chi connectivity index (χ1) is 19.5. The van der Waals surface area contributed by atoms with Crippen LogP contribution in [0, 0.1) is 0 Å². The Morgan fingerprint density at radius 1 is 1.14 bits per heavy atom. The Morgan fingerprint density at radius 3 is 2.48 bits per heavy atom. The van der Waals surface area contributed by atoms with Crippen molar-refractivity contribution in [2.75, 3.05) is 13.6 Å². The van der Waals surface area contributed by atoms with Gasteiger partial charge in [0.05, 0.1) is 24.0 Å². The van der Waals surface area contributed by atoms with Gasteiger partial charge in [0.2, 0.25) is 0 Å². The maximum Gasteiger partial charge on any atom is 0.408 e. The maximum atomic E-state index is 13.4. The van der Waals surface area contributed by atoms with E-state index in [1.165, 1.54) is 0 Å². The molecule has 1 spiro atoms. The number of esters is 2. The lowest BCUT2D eigenvalue weighted by Gasteiger charge is -2.61. The molecule has 11 nitrogen and oxygen atoms in total. The van der Waals surface area contributed by atoms with E-state index >= 15 is 0 Å². The van der Waals surface area contributed by atoms with Gasteiger partial charge in [-0.1, -0.05) is 12.1 Å². The molecule has 5 rings (SSSR count). The summed E-state index contributed by atoms with van der Waals surface area (Å²) < 4.78 is 23.1. The van der Waals surface area contributed by atoms with Crippen LogP contribution in [-0.4, -0.2) is 81.7 Å². The van der Waals surface area contributed by atoms with Gasteiger partial charge in [0.1, 0.15) is 28.8 Å². The van der Waals surface area contributed by atoms with Crippen LogP contribution in [0.2, 0.25) is 0 Å². The van der Waals surface area contributed by atoms with E-state index < -0.39 is 58.8 Å². The molecule has 1 aromatic carbocycles. The minimum atomic E-state index is -1.36. The molecule has 1 saturated heterocycles. The van der Waals surface area contributed by atoms with Crippen LogP contribution in [0.3, 0.4) is 0 Å². The number of benzene rings is 1. The van der Waals surface area contributed by atoms with Crippen LogP contribution in [0.1, 0.15) is 77.5 Å². The highest BCUT2D eigenvalue weighted by atomic mass is 16.6. The van der Waals surface area contributed by atoms with Crippen LogP contribution in [0.5, 0.6) is 5.75 Å². The molecule has 2 aliphatic heterocycles. The topological polar surface area (TPSA) is 144 Å². The number of carbonyl (C=O) groups excluding carboxylic acids is 3. The summed E-state index contributed by atoms with van der Waals surface area (Å²) in [5.41, 5.74) is -1.20. The molecule has 42 heavy (non-hydrogen) atoms. The number of aliphatic hydroxyl groups excluding tert-OH is 1. The van der Waals surface area contributed by atoms with Crippen molar-refractivity contribution in [2.45, 2.75) is 114 Å². The number of piperidine rings is 1. The fraction of sp³-hybridized carbons (Fsp3) is 0.645. The third-order valence-electron chi connectivity index (χ3n) is 8.61. The van der Waals surface area contributed by atoms with Gasteiger partial charge in [-0.3, -0.25) is 4.79 Å². The molecule has 0 aromatic heterocycles. The molecular formula is C31H42N2O9. The molecule has 11 heteroatoms. The number of nitrogens with zero attached hydrogens (tertiary/aromatic N) is 1. The van der Waals surface area contributed by atoms with E-state index in [0.717, 1.165) is 11.1 Å². The lowest BCUT2D eigenvalue weighted by atomic mass is 9.50.